The van der Waals surface area contributed by atoms with E-state index < -0.39 is 10.7 Å². The second-order valence-corrected chi connectivity index (χ2v) is 6.24. The van der Waals surface area contributed by atoms with Crippen molar-refractivity contribution in [3.8, 4) is 0 Å². The maximum atomic E-state index is 13.5. The van der Waals surface area contributed by atoms with Crippen LogP contribution in [0.2, 0.25) is 0 Å². The topological polar surface area (TPSA) is 69.9 Å². The van der Waals surface area contributed by atoms with Crippen LogP contribution in [0.5, 0.6) is 0 Å². The van der Waals surface area contributed by atoms with E-state index in [9.17, 15) is 19.3 Å². The summed E-state index contributed by atoms with van der Waals surface area (Å²) < 4.78 is 13.5. The molecule has 2 heterocycles. The van der Waals surface area contributed by atoms with Gasteiger partial charge in [0.15, 0.2) is 0 Å². The van der Waals surface area contributed by atoms with Crippen molar-refractivity contribution in [3.63, 3.8) is 0 Å². The molecule has 0 unspecified atom stereocenters. The van der Waals surface area contributed by atoms with E-state index in [1.54, 1.807) is 0 Å². The first kappa shape index (κ1) is 16.6. The average Bonchev–Trinajstić information content (AvgIpc) is 3.10. The maximum absolute atomic E-state index is 13.5. The van der Waals surface area contributed by atoms with Crippen LogP contribution < -0.4 is 4.90 Å². The number of hydrogen-bond donors (Lipinski definition) is 0. The van der Waals surface area contributed by atoms with Crippen molar-refractivity contribution in [2.45, 2.75) is 12.8 Å². The molecule has 2 aliphatic heterocycles. The second-order valence-electron chi connectivity index (χ2n) is 6.24. The van der Waals surface area contributed by atoms with Crippen LogP contribution in [-0.2, 0) is 4.79 Å². The number of carbonyl (C=O) groups excluding carboxylic acids is 1. The summed E-state index contributed by atoms with van der Waals surface area (Å²) in [7, 11) is 0. The molecule has 0 aromatic heterocycles. The molecule has 2 fully saturated rings. The molecular weight excluding hydrogens is 315 g/mol. The molecule has 1 aromatic rings. The summed E-state index contributed by atoms with van der Waals surface area (Å²) in [5.41, 5.74) is 0.225. The molecule has 0 saturated carbocycles. The molecule has 2 aliphatic rings. The fourth-order valence-corrected chi connectivity index (χ4v) is 3.31. The summed E-state index contributed by atoms with van der Waals surface area (Å²) in [5.74, 6) is -0.333. The largest absolute Gasteiger partial charge is 0.363 e. The minimum atomic E-state index is -0.488. The molecule has 0 atom stereocenters. The minimum absolute atomic E-state index is 0.0852. The molecule has 1 aromatic carbocycles. The Morgan fingerprint density at radius 3 is 2.42 bits per heavy atom. The number of anilines is 1. The molecule has 0 bridgehead atoms. The molecule has 0 aliphatic carbocycles. The van der Waals surface area contributed by atoms with Crippen molar-refractivity contribution >= 4 is 17.3 Å². The molecule has 130 valence electrons. The first-order chi connectivity index (χ1) is 11.5. The Balaban J connectivity index is 1.60. The van der Waals surface area contributed by atoms with Crippen molar-refractivity contribution < 1.29 is 14.1 Å². The lowest BCUT2D eigenvalue weighted by Gasteiger charge is -2.36. The number of hydrogen-bond acceptors (Lipinski definition) is 5. The average molecular weight is 336 g/mol. The van der Waals surface area contributed by atoms with E-state index in [2.05, 4.69) is 4.90 Å². The van der Waals surface area contributed by atoms with Crippen LogP contribution in [0.25, 0.3) is 0 Å². The van der Waals surface area contributed by atoms with Gasteiger partial charge >= 0.3 is 0 Å². The standard InChI is InChI=1S/C16H21FN4O3/c17-13-3-4-14(21(23)24)15(11-13)19-9-7-18(8-10-19)12-16(22)20-5-1-2-6-20/h3-4,11H,1-2,5-10,12H2. The van der Waals surface area contributed by atoms with Gasteiger partial charge < -0.3 is 9.80 Å². The predicted molar refractivity (Wildman–Crippen MR) is 87.5 cm³/mol. The second kappa shape index (κ2) is 7.12. The van der Waals surface area contributed by atoms with Gasteiger partial charge in [-0.1, -0.05) is 0 Å². The van der Waals surface area contributed by atoms with Gasteiger partial charge in [0.2, 0.25) is 5.91 Å². The third-order valence-corrected chi connectivity index (χ3v) is 4.66. The third kappa shape index (κ3) is 3.64. The van der Waals surface area contributed by atoms with Crippen LogP contribution in [-0.4, -0.2) is 66.4 Å². The highest BCUT2D eigenvalue weighted by Crippen LogP contribution is 2.29. The van der Waals surface area contributed by atoms with Gasteiger partial charge in [-0.05, 0) is 18.9 Å². The van der Waals surface area contributed by atoms with Crippen LogP contribution in [0.3, 0.4) is 0 Å². The Morgan fingerprint density at radius 1 is 1.12 bits per heavy atom. The highest BCUT2D eigenvalue weighted by molar-refractivity contribution is 5.78. The quantitative estimate of drug-likeness (QED) is 0.615. The Morgan fingerprint density at radius 2 is 1.79 bits per heavy atom. The zero-order chi connectivity index (χ0) is 17.1. The lowest BCUT2D eigenvalue weighted by molar-refractivity contribution is -0.384. The van der Waals surface area contributed by atoms with Crippen LogP contribution in [0.1, 0.15) is 12.8 Å². The van der Waals surface area contributed by atoms with Crippen LogP contribution in [0, 0.1) is 15.9 Å². The summed E-state index contributed by atoms with van der Waals surface area (Å²) in [6.07, 6.45) is 2.14. The van der Waals surface area contributed by atoms with E-state index in [1.807, 2.05) is 9.80 Å². The fraction of sp³-hybridized carbons (Fsp3) is 0.562. The smallest absolute Gasteiger partial charge is 0.292 e. The molecule has 2 saturated heterocycles. The van der Waals surface area contributed by atoms with Crippen molar-refractivity contribution in [3.05, 3.63) is 34.1 Å². The Bertz CT molecular complexity index is 626. The summed E-state index contributed by atoms with van der Waals surface area (Å²) in [6.45, 7) is 4.41. The number of nitro benzene ring substituents is 1. The van der Waals surface area contributed by atoms with Crippen LogP contribution in [0.15, 0.2) is 18.2 Å². The van der Waals surface area contributed by atoms with Gasteiger partial charge in [0.05, 0.1) is 11.5 Å². The summed E-state index contributed by atoms with van der Waals surface area (Å²) in [5, 5.41) is 11.1. The van der Waals surface area contributed by atoms with E-state index in [1.165, 1.54) is 12.1 Å². The monoisotopic (exact) mass is 336 g/mol. The first-order valence-corrected chi connectivity index (χ1v) is 8.23. The highest BCUT2D eigenvalue weighted by Gasteiger charge is 2.26. The summed E-state index contributed by atoms with van der Waals surface area (Å²) >= 11 is 0. The SMILES string of the molecule is O=C(CN1CCN(c2cc(F)ccc2[N+](=O)[O-])CC1)N1CCCC1. The number of likely N-dealkylation sites (tertiary alicyclic amines) is 1. The van der Waals surface area contributed by atoms with Gasteiger partial charge in [-0.15, -0.1) is 0 Å². The molecule has 24 heavy (non-hydrogen) atoms. The van der Waals surface area contributed by atoms with Gasteiger partial charge in [-0.2, -0.15) is 0 Å². The van der Waals surface area contributed by atoms with Crippen molar-refractivity contribution in [2.75, 3.05) is 50.7 Å². The predicted octanol–water partition coefficient (Wildman–Crippen LogP) is 1.48. The zero-order valence-electron chi connectivity index (χ0n) is 13.5. The molecule has 0 spiro atoms. The third-order valence-electron chi connectivity index (χ3n) is 4.66. The van der Waals surface area contributed by atoms with Crippen molar-refractivity contribution in [1.82, 2.24) is 9.80 Å². The zero-order valence-corrected chi connectivity index (χ0v) is 13.5. The molecule has 3 rings (SSSR count). The molecule has 7 nitrogen and oxygen atoms in total. The number of amides is 1. The number of halogens is 1. The number of piperazine rings is 1. The number of nitro groups is 1. The highest BCUT2D eigenvalue weighted by atomic mass is 19.1. The molecule has 0 N–H and O–H groups in total. The van der Waals surface area contributed by atoms with Gasteiger partial charge in [0.25, 0.3) is 5.69 Å². The molecule has 8 heteroatoms. The maximum Gasteiger partial charge on any atom is 0.292 e. The van der Waals surface area contributed by atoms with E-state index >= 15 is 0 Å². The Hall–Kier alpha value is -2.22. The molecule has 1 amide bonds. The number of rotatable bonds is 4. The van der Waals surface area contributed by atoms with E-state index in [0.717, 1.165) is 32.0 Å². The van der Waals surface area contributed by atoms with Crippen LogP contribution in [0.4, 0.5) is 15.8 Å². The van der Waals surface area contributed by atoms with Gasteiger partial charge in [-0.25, -0.2) is 4.39 Å². The fourth-order valence-electron chi connectivity index (χ4n) is 3.31. The molecular formula is C16H21FN4O3. The van der Waals surface area contributed by atoms with E-state index in [4.69, 9.17) is 0 Å². The van der Waals surface area contributed by atoms with Crippen molar-refractivity contribution in [1.29, 1.82) is 0 Å². The summed E-state index contributed by atoms with van der Waals surface area (Å²) in [6, 6.07) is 3.52. The van der Waals surface area contributed by atoms with Gasteiger partial charge in [0, 0.05) is 51.4 Å². The normalized spacial score (nSPS) is 18.9. The van der Waals surface area contributed by atoms with Gasteiger partial charge in [-0.3, -0.25) is 19.8 Å². The van der Waals surface area contributed by atoms with Crippen LogP contribution >= 0.6 is 0 Å². The van der Waals surface area contributed by atoms with Crippen molar-refractivity contribution in [2.24, 2.45) is 0 Å². The van der Waals surface area contributed by atoms with E-state index in [-0.39, 0.29) is 11.6 Å². The lowest BCUT2D eigenvalue weighted by Crippen LogP contribution is -2.50. The van der Waals surface area contributed by atoms with Gasteiger partial charge in [0.1, 0.15) is 11.5 Å². The number of benzene rings is 1. The summed E-state index contributed by atoms with van der Waals surface area (Å²) in [4.78, 5) is 28.6. The molecule has 0 radical (unpaired) electrons. The van der Waals surface area contributed by atoms with E-state index in [0.29, 0.717) is 38.4 Å². The number of carbonyl (C=O) groups is 1. The Kier molecular flexibility index (Phi) is 4.94. The minimum Gasteiger partial charge on any atom is -0.363 e. The lowest BCUT2D eigenvalue weighted by atomic mass is 10.2. The number of nitrogens with zero attached hydrogens (tertiary/aromatic N) is 4. The Labute approximate surface area is 139 Å². The first-order valence-electron chi connectivity index (χ1n) is 8.23.